The van der Waals surface area contributed by atoms with Gasteiger partial charge in [-0.25, -0.2) is 15.0 Å². The number of phosphoric acid groups is 1. The zero-order valence-corrected chi connectivity index (χ0v) is 32.6. The van der Waals surface area contributed by atoms with Crippen LogP contribution in [0.5, 0.6) is 0 Å². The molecule has 0 spiro atoms. The van der Waals surface area contributed by atoms with E-state index in [0.717, 1.165) is 17.2 Å². The van der Waals surface area contributed by atoms with Crippen molar-refractivity contribution in [3.63, 3.8) is 0 Å². The van der Waals surface area contributed by atoms with Gasteiger partial charge in [-0.3, -0.25) is 4.57 Å². The summed E-state index contributed by atoms with van der Waals surface area (Å²) in [5.41, 5.74) is -0.0557. The number of rotatable bonds is 9. The first-order valence-electron chi connectivity index (χ1n) is 8.51. The summed E-state index contributed by atoms with van der Waals surface area (Å²) in [5, 5.41) is 44.5. The number of hydrogen-bond acceptors (Lipinski definition) is 15. The first-order valence-corrected chi connectivity index (χ1v) is 9.97. The minimum absolute atomic E-state index is 0. The third-order valence-electron chi connectivity index (χ3n) is 4.33. The maximum Gasteiger partial charge on any atom is 1.00 e. The average Bonchev–Trinajstić information content (AvgIpc) is 3.21. The van der Waals surface area contributed by atoms with Crippen molar-refractivity contribution in [1.82, 2.24) is 19.5 Å². The molecule has 170 valence electrons. The second kappa shape index (κ2) is 18.4. The zero-order valence-electron chi connectivity index (χ0n) is 19.3. The minimum Gasteiger partial charge on any atom is -0.790 e. The van der Waals surface area contributed by atoms with Crippen LogP contribution in [0.2, 0.25) is 0 Å². The first-order chi connectivity index (χ1) is 14.5. The van der Waals surface area contributed by atoms with Gasteiger partial charge in [0.05, 0.1) is 32.8 Å². The van der Waals surface area contributed by atoms with Crippen LogP contribution in [-0.4, -0.2) is 72.6 Å². The molecule has 16 nitrogen and oxygen atoms in total. The van der Waals surface area contributed by atoms with Crippen LogP contribution >= 0.6 is 7.82 Å². The van der Waals surface area contributed by atoms with Crippen molar-refractivity contribution in [2.24, 2.45) is 0 Å². The maximum atomic E-state index is 11.1. The Morgan fingerprint density at radius 3 is 2.31 bits per heavy atom. The van der Waals surface area contributed by atoms with Crippen molar-refractivity contribution in [2.75, 3.05) is 11.9 Å². The number of carboxylic acids is 2. The Labute approximate surface area is 368 Å². The Bertz CT molecular complexity index is 1040. The molecule has 0 saturated carbocycles. The molecule has 3 N–H and O–H groups in total. The van der Waals surface area contributed by atoms with Gasteiger partial charge in [0.15, 0.2) is 23.2 Å². The van der Waals surface area contributed by atoms with E-state index in [9.17, 15) is 44.4 Å². The molecule has 0 bridgehead atoms. The molecule has 0 aliphatic carbocycles. The second-order valence-electron chi connectivity index (χ2n) is 6.43. The van der Waals surface area contributed by atoms with E-state index in [4.69, 9.17) is 4.74 Å². The largest absolute Gasteiger partial charge is 1.00 e. The summed E-state index contributed by atoms with van der Waals surface area (Å²) >= 11 is 0. The number of phosphoric ester groups is 1. The number of aromatic nitrogens is 4. The molecular formula is C14H14K4N5O11P. The fourth-order valence-corrected chi connectivity index (χ4v) is 3.26. The van der Waals surface area contributed by atoms with Crippen molar-refractivity contribution in [3.05, 3.63) is 12.7 Å². The van der Waals surface area contributed by atoms with Crippen molar-refractivity contribution in [1.29, 1.82) is 0 Å². The van der Waals surface area contributed by atoms with E-state index in [0.29, 0.717) is 0 Å². The molecule has 35 heavy (non-hydrogen) atoms. The van der Waals surface area contributed by atoms with Crippen LogP contribution in [0.1, 0.15) is 12.6 Å². The summed E-state index contributed by atoms with van der Waals surface area (Å²) in [4.78, 5) is 54.8. The summed E-state index contributed by atoms with van der Waals surface area (Å²) in [7, 11) is -5.34. The number of carboxylic acid groups (broad SMARTS) is 2. The number of anilines is 1. The first kappa shape index (κ1) is 41.0. The molecule has 2 aromatic rings. The number of hydrogen-bond donors (Lipinski definition) is 3. The predicted octanol–water partition coefficient (Wildman–Crippen LogP) is -18.0. The van der Waals surface area contributed by atoms with Gasteiger partial charge in [-0.15, -0.1) is 0 Å². The Kier molecular flexibility index (Phi) is 21.5. The monoisotopic (exact) mass is 615 g/mol. The van der Waals surface area contributed by atoms with Gasteiger partial charge >= 0.3 is 206 Å². The van der Waals surface area contributed by atoms with Crippen LogP contribution in [0.4, 0.5) is 5.82 Å². The number of aliphatic carboxylic acids is 2. The number of aliphatic hydroxyl groups excluding tert-OH is 2. The SMILES string of the molecule is O=C([O-])CC(Nc1ncnc2c1ncn2[C@@H]1O[C@H](COP(=O)([O-])[O-])[C@@H](O)[C@H]1O)C(=O)[O-].[K+].[K+].[K+].[K+]. The maximum absolute atomic E-state index is 11.1. The van der Waals surface area contributed by atoms with Crippen LogP contribution in [0.15, 0.2) is 12.7 Å². The van der Waals surface area contributed by atoms with E-state index >= 15 is 0 Å². The number of carbonyl (C=O) groups is 2. The Morgan fingerprint density at radius 1 is 1.14 bits per heavy atom. The van der Waals surface area contributed by atoms with E-state index < -0.39 is 63.4 Å². The van der Waals surface area contributed by atoms with E-state index in [-0.39, 0.29) is 223 Å². The summed E-state index contributed by atoms with van der Waals surface area (Å²) in [6.45, 7) is -0.843. The Hall–Kier alpha value is 3.83. The van der Waals surface area contributed by atoms with E-state index in [1.54, 1.807) is 0 Å². The quantitative estimate of drug-likeness (QED) is 0.175. The summed E-state index contributed by atoms with van der Waals surface area (Å²) < 4.78 is 21.2. The van der Waals surface area contributed by atoms with Crippen molar-refractivity contribution >= 4 is 36.7 Å². The molecule has 3 heterocycles. The zero-order chi connectivity index (χ0) is 22.9. The number of fused-ring (bicyclic) bond motifs is 1. The smallest absolute Gasteiger partial charge is 0.790 e. The van der Waals surface area contributed by atoms with Crippen molar-refractivity contribution in [3.8, 4) is 0 Å². The molecule has 0 radical (unpaired) electrons. The van der Waals surface area contributed by atoms with E-state index in [2.05, 4.69) is 24.8 Å². The Balaban J connectivity index is 0. The predicted molar refractivity (Wildman–Crippen MR) is 86.8 cm³/mol. The normalized spacial score (nSPS) is 22.1. The van der Waals surface area contributed by atoms with Crippen LogP contribution in [0, 0.1) is 0 Å². The molecule has 1 aliphatic rings. The van der Waals surface area contributed by atoms with Gasteiger partial charge < -0.3 is 58.9 Å². The van der Waals surface area contributed by atoms with Gasteiger partial charge in [0.1, 0.15) is 24.6 Å². The van der Waals surface area contributed by atoms with Crippen LogP contribution < -0.4 is 231 Å². The van der Waals surface area contributed by atoms with Gasteiger partial charge in [-0.1, -0.05) is 0 Å². The van der Waals surface area contributed by atoms with Gasteiger partial charge in [0.2, 0.25) is 0 Å². The molecule has 3 rings (SSSR count). The molecule has 5 atom stereocenters. The van der Waals surface area contributed by atoms with Crippen molar-refractivity contribution < 1.29 is 259 Å². The minimum atomic E-state index is -5.34. The van der Waals surface area contributed by atoms with Crippen LogP contribution in [0.3, 0.4) is 0 Å². The number of nitrogens with one attached hydrogen (secondary N) is 1. The Morgan fingerprint density at radius 2 is 1.77 bits per heavy atom. The van der Waals surface area contributed by atoms with Gasteiger partial charge in [-0.2, -0.15) is 0 Å². The fourth-order valence-electron chi connectivity index (χ4n) is 2.93. The molecule has 21 heteroatoms. The topological polar surface area (TPSA) is 258 Å². The van der Waals surface area contributed by atoms with Crippen molar-refractivity contribution in [2.45, 2.75) is 37.0 Å². The van der Waals surface area contributed by atoms with E-state index in [1.807, 2.05) is 0 Å². The van der Waals surface area contributed by atoms with Gasteiger partial charge in [-0.05, 0) is 0 Å². The molecule has 0 amide bonds. The molecule has 1 unspecified atom stereocenters. The number of nitrogens with zero attached hydrogens (tertiary/aromatic N) is 4. The third-order valence-corrected chi connectivity index (χ3v) is 4.80. The summed E-state index contributed by atoms with van der Waals surface area (Å²) in [6.07, 6.45) is -4.78. The van der Waals surface area contributed by atoms with Gasteiger partial charge in [0.25, 0.3) is 0 Å². The van der Waals surface area contributed by atoms with E-state index in [1.165, 1.54) is 0 Å². The number of imidazole rings is 1. The molecule has 1 aliphatic heterocycles. The molecular weight excluding hydrogens is 602 g/mol. The fraction of sp³-hybridized carbons (Fsp3) is 0.500. The molecule has 1 saturated heterocycles. The summed E-state index contributed by atoms with van der Waals surface area (Å²) in [6, 6.07) is -1.69. The summed E-state index contributed by atoms with van der Waals surface area (Å²) in [5.74, 6) is -3.56. The molecule has 0 aromatic carbocycles. The van der Waals surface area contributed by atoms with Crippen LogP contribution in [-0.2, 0) is 23.4 Å². The number of ether oxygens (including phenoxy) is 1. The second-order valence-corrected chi connectivity index (χ2v) is 7.58. The average molecular weight is 616 g/mol. The number of carbonyl (C=O) groups excluding carboxylic acids is 2. The molecule has 1 fully saturated rings. The number of aliphatic hydroxyl groups is 2. The standard InChI is InChI=1S/C14H18N5O11P.4K/c20-7(21)1-5(14(24)25)18-11-8-12(16-3-15-11)19(4-17-8)13-10(23)9(22)6(30-13)2-29-31(26,27)28;;;;/h3-6,9-10,13,22-23H,1-2H2,(H,20,21)(H,24,25)(H,15,16,18)(H2,26,27,28);;;;/q;4*+1/p-4/t5?,6-,9-,10-,13-;;;;/m1..../s1. The third kappa shape index (κ3) is 11.6. The van der Waals surface area contributed by atoms with Gasteiger partial charge in [0, 0.05) is 12.4 Å². The van der Waals surface area contributed by atoms with Crippen LogP contribution in [0.25, 0.3) is 11.2 Å². The molecule has 2 aromatic heterocycles.